The Morgan fingerprint density at radius 1 is 1.19 bits per heavy atom. The van der Waals surface area contributed by atoms with Gasteiger partial charge in [-0.25, -0.2) is 0 Å². The number of rotatable bonds is 2. The molecular weight excluding hydrogens is 204 g/mol. The van der Waals surface area contributed by atoms with Crippen LogP contribution in [0.2, 0.25) is 0 Å². The van der Waals surface area contributed by atoms with Crippen molar-refractivity contribution >= 4 is 0 Å². The van der Waals surface area contributed by atoms with Gasteiger partial charge < -0.3 is 14.6 Å². The van der Waals surface area contributed by atoms with Gasteiger partial charge in [-0.15, -0.1) is 0 Å². The van der Waals surface area contributed by atoms with E-state index < -0.39 is 6.10 Å². The van der Waals surface area contributed by atoms with Crippen LogP contribution in [-0.4, -0.2) is 24.6 Å². The molecule has 0 aliphatic carbocycles. The Balaban J connectivity index is 1.78. The van der Waals surface area contributed by atoms with Gasteiger partial charge in [-0.3, -0.25) is 0 Å². The van der Waals surface area contributed by atoms with E-state index in [1.165, 1.54) is 0 Å². The Morgan fingerprint density at radius 2 is 2.00 bits per heavy atom. The highest BCUT2D eigenvalue weighted by atomic mass is 16.7. The summed E-state index contributed by atoms with van der Waals surface area (Å²) in [5.74, 6) is 0.533. The lowest BCUT2D eigenvalue weighted by molar-refractivity contribution is -0.0906. The van der Waals surface area contributed by atoms with Crippen molar-refractivity contribution in [2.24, 2.45) is 11.8 Å². The molecule has 2 heterocycles. The van der Waals surface area contributed by atoms with Crippen molar-refractivity contribution in [2.75, 3.05) is 13.2 Å². The third kappa shape index (κ3) is 1.65. The number of fused-ring (bicyclic) bond motifs is 1. The van der Waals surface area contributed by atoms with E-state index in [-0.39, 0.29) is 12.2 Å². The monoisotopic (exact) mass is 220 g/mol. The van der Waals surface area contributed by atoms with Gasteiger partial charge in [-0.05, 0) is 12.0 Å². The number of hydrogen-bond donors (Lipinski definition) is 1. The molecule has 2 fully saturated rings. The van der Waals surface area contributed by atoms with E-state index in [9.17, 15) is 5.11 Å². The molecule has 0 bridgehead atoms. The molecule has 1 N–H and O–H groups in total. The number of aliphatic hydroxyl groups is 1. The zero-order valence-corrected chi connectivity index (χ0v) is 9.08. The normalized spacial score (nSPS) is 34.9. The number of hydrogen-bond acceptors (Lipinski definition) is 3. The summed E-state index contributed by atoms with van der Waals surface area (Å²) < 4.78 is 11.0. The fraction of sp³-hybridized carbons (Fsp3) is 0.538. The molecule has 2 aliphatic heterocycles. The third-order valence-corrected chi connectivity index (χ3v) is 3.63. The predicted molar refractivity (Wildman–Crippen MR) is 58.7 cm³/mol. The second kappa shape index (κ2) is 4.17. The summed E-state index contributed by atoms with van der Waals surface area (Å²) in [6, 6.07) is 9.80. The predicted octanol–water partition coefficient (Wildman–Crippen LogP) is 1.73. The second-order valence-corrected chi connectivity index (χ2v) is 4.54. The van der Waals surface area contributed by atoms with Gasteiger partial charge in [0.05, 0.1) is 19.3 Å². The molecule has 0 spiro atoms. The summed E-state index contributed by atoms with van der Waals surface area (Å²) in [6.45, 7) is 1.36. The molecule has 1 aromatic rings. The first-order chi connectivity index (χ1) is 7.86. The molecule has 0 radical (unpaired) electrons. The van der Waals surface area contributed by atoms with Crippen LogP contribution in [0.5, 0.6) is 0 Å². The Hall–Kier alpha value is -0.900. The lowest BCUT2D eigenvalue weighted by Crippen LogP contribution is -2.21. The topological polar surface area (TPSA) is 38.7 Å². The average Bonchev–Trinajstić information content (AvgIpc) is 2.91. The van der Waals surface area contributed by atoms with Gasteiger partial charge in [-0.1, -0.05) is 30.3 Å². The SMILES string of the molecule is O[C@@H](c1ccccc1)[C@H]1CO[C@H]2OCC[C@H]21. The van der Waals surface area contributed by atoms with Gasteiger partial charge >= 0.3 is 0 Å². The minimum Gasteiger partial charge on any atom is -0.388 e. The van der Waals surface area contributed by atoms with E-state index >= 15 is 0 Å². The molecule has 2 saturated heterocycles. The van der Waals surface area contributed by atoms with Crippen LogP contribution < -0.4 is 0 Å². The van der Waals surface area contributed by atoms with E-state index in [4.69, 9.17) is 9.47 Å². The van der Waals surface area contributed by atoms with Crippen molar-refractivity contribution in [1.82, 2.24) is 0 Å². The molecular formula is C13H16O3. The molecule has 0 unspecified atom stereocenters. The zero-order valence-electron chi connectivity index (χ0n) is 9.08. The highest BCUT2D eigenvalue weighted by molar-refractivity contribution is 5.18. The summed E-state index contributed by atoms with van der Waals surface area (Å²) in [7, 11) is 0. The first kappa shape index (κ1) is 10.3. The molecule has 4 atom stereocenters. The lowest BCUT2D eigenvalue weighted by Gasteiger charge is -2.21. The quantitative estimate of drug-likeness (QED) is 0.825. The molecule has 86 valence electrons. The van der Waals surface area contributed by atoms with Crippen molar-refractivity contribution in [1.29, 1.82) is 0 Å². The smallest absolute Gasteiger partial charge is 0.160 e. The van der Waals surface area contributed by atoms with Gasteiger partial charge in [0.1, 0.15) is 0 Å². The van der Waals surface area contributed by atoms with E-state index in [1.54, 1.807) is 0 Å². The van der Waals surface area contributed by atoms with Crippen molar-refractivity contribution in [3.8, 4) is 0 Å². The first-order valence-electron chi connectivity index (χ1n) is 5.82. The third-order valence-electron chi connectivity index (χ3n) is 3.63. The highest BCUT2D eigenvalue weighted by Gasteiger charge is 2.44. The lowest BCUT2D eigenvalue weighted by atomic mass is 9.85. The van der Waals surface area contributed by atoms with Gasteiger partial charge in [-0.2, -0.15) is 0 Å². The fourth-order valence-corrected chi connectivity index (χ4v) is 2.72. The van der Waals surface area contributed by atoms with Gasteiger partial charge in [0.15, 0.2) is 6.29 Å². The van der Waals surface area contributed by atoms with Crippen LogP contribution in [0.25, 0.3) is 0 Å². The maximum Gasteiger partial charge on any atom is 0.160 e. The van der Waals surface area contributed by atoms with Crippen LogP contribution in [-0.2, 0) is 9.47 Å². The summed E-state index contributed by atoms with van der Waals surface area (Å²) in [4.78, 5) is 0. The van der Waals surface area contributed by atoms with Crippen LogP contribution in [0.4, 0.5) is 0 Å². The first-order valence-corrected chi connectivity index (χ1v) is 5.82. The minimum atomic E-state index is -0.433. The summed E-state index contributed by atoms with van der Waals surface area (Å²) in [6.07, 6.45) is 0.487. The van der Waals surface area contributed by atoms with E-state index in [2.05, 4.69) is 0 Å². The highest BCUT2D eigenvalue weighted by Crippen LogP contribution is 2.41. The molecule has 3 nitrogen and oxygen atoms in total. The molecule has 3 heteroatoms. The Morgan fingerprint density at radius 3 is 2.81 bits per heavy atom. The van der Waals surface area contributed by atoms with Crippen molar-refractivity contribution in [3.05, 3.63) is 35.9 Å². The number of aliphatic hydroxyl groups excluding tert-OH is 1. The van der Waals surface area contributed by atoms with E-state index in [0.29, 0.717) is 12.5 Å². The van der Waals surface area contributed by atoms with Gasteiger partial charge in [0.2, 0.25) is 0 Å². The minimum absolute atomic E-state index is 0.0802. The Bertz CT molecular complexity index is 351. The molecule has 16 heavy (non-hydrogen) atoms. The Labute approximate surface area is 95.0 Å². The average molecular weight is 220 g/mol. The molecule has 0 aromatic heterocycles. The number of ether oxygens (including phenoxy) is 2. The summed E-state index contributed by atoms with van der Waals surface area (Å²) in [5.41, 5.74) is 0.976. The van der Waals surface area contributed by atoms with Gasteiger partial charge in [0, 0.05) is 11.8 Å². The molecule has 3 rings (SSSR count). The van der Waals surface area contributed by atoms with Crippen LogP contribution in [0.15, 0.2) is 30.3 Å². The summed E-state index contributed by atoms with van der Waals surface area (Å²) >= 11 is 0. The molecule has 1 aromatic carbocycles. The maximum absolute atomic E-state index is 10.3. The zero-order chi connectivity index (χ0) is 11.0. The maximum atomic E-state index is 10.3. The second-order valence-electron chi connectivity index (χ2n) is 4.54. The van der Waals surface area contributed by atoms with Crippen molar-refractivity contribution in [3.63, 3.8) is 0 Å². The van der Waals surface area contributed by atoms with Crippen LogP contribution >= 0.6 is 0 Å². The number of benzene rings is 1. The van der Waals surface area contributed by atoms with Gasteiger partial charge in [0.25, 0.3) is 0 Å². The van der Waals surface area contributed by atoms with E-state index in [1.807, 2.05) is 30.3 Å². The van der Waals surface area contributed by atoms with E-state index in [0.717, 1.165) is 18.6 Å². The van der Waals surface area contributed by atoms with Crippen LogP contribution in [0, 0.1) is 11.8 Å². The van der Waals surface area contributed by atoms with Crippen LogP contribution in [0.1, 0.15) is 18.1 Å². The fourth-order valence-electron chi connectivity index (χ4n) is 2.72. The Kier molecular flexibility index (Phi) is 2.67. The molecule has 0 saturated carbocycles. The van der Waals surface area contributed by atoms with Crippen molar-refractivity contribution in [2.45, 2.75) is 18.8 Å². The molecule has 0 amide bonds. The van der Waals surface area contributed by atoms with Crippen LogP contribution in [0.3, 0.4) is 0 Å². The summed E-state index contributed by atoms with van der Waals surface area (Å²) in [5, 5.41) is 10.3. The largest absolute Gasteiger partial charge is 0.388 e. The van der Waals surface area contributed by atoms with Crippen molar-refractivity contribution < 1.29 is 14.6 Å². The standard InChI is InChI=1S/C13H16O3/c14-12(9-4-2-1-3-5-9)11-8-16-13-10(11)6-7-15-13/h1-5,10-14H,6-8H2/t10-,11-,12-,13+/m0/s1. The molecule has 2 aliphatic rings.